The Bertz CT molecular complexity index is 476. The highest BCUT2D eigenvalue weighted by atomic mass is 19.3. The molecule has 1 fully saturated rings. The topological polar surface area (TPSA) is 87.0 Å². The van der Waals surface area contributed by atoms with Gasteiger partial charge in [-0.25, -0.2) is 8.78 Å². The first-order valence-electron chi connectivity index (χ1n) is 5.59. The molecule has 1 aromatic heterocycles. The Balaban J connectivity index is 2.37. The Labute approximate surface area is 102 Å². The zero-order valence-corrected chi connectivity index (χ0v) is 9.90. The Hall–Kier alpha value is -1.57. The van der Waals surface area contributed by atoms with E-state index < -0.39 is 16.4 Å². The average Bonchev–Trinajstić information content (AvgIpc) is 2.66. The zero-order chi connectivity index (χ0) is 13.6. The minimum atomic E-state index is -2.73. The van der Waals surface area contributed by atoms with E-state index >= 15 is 0 Å². The van der Waals surface area contributed by atoms with Gasteiger partial charge in [-0.05, 0) is 12.8 Å². The molecule has 2 N–H and O–H groups in total. The molecule has 0 aliphatic heterocycles. The van der Waals surface area contributed by atoms with Crippen LogP contribution < -0.4 is 5.73 Å². The van der Waals surface area contributed by atoms with Crippen LogP contribution in [0.15, 0.2) is 6.20 Å². The molecular formula is C10H14F2N4O2. The summed E-state index contributed by atoms with van der Waals surface area (Å²) in [4.78, 5) is 10.3. The van der Waals surface area contributed by atoms with E-state index in [9.17, 15) is 18.9 Å². The second kappa shape index (κ2) is 3.98. The van der Waals surface area contributed by atoms with Gasteiger partial charge in [0.05, 0.1) is 10.5 Å². The molecule has 8 heteroatoms. The molecule has 0 amide bonds. The van der Waals surface area contributed by atoms with Crippen molar-refractivity contribution in [3.8, 4) is 0 Å². The fraction of sp³-hybridized carbons (Fsp3) is 0.700. The van der Waals surface area contributed by atoms with E-state index in [4.69, 9.17) is 5.73 Å². The fourth-order valence-electron chi connectivity index (χ4n) is 2.44. The maximum absolute atomic E-state index is 13.1. The van der Waals surface area contributed by atoms with E-state index in [1.54, 1.807) is 0 Å². The van der Waals surface area contributed by atoms with Crippen LogP contribution >= 0.6 is 0 Å². The molecule has 1 saturated carbocycles. The summed E-state index contributed by atoms with van der Waals surface area (Å²) in [6.07, 6.45) is 0.426. The van der Waals surface area contributed by atoms with Crippen molar-refractivity contribution >= 4 is 5.69 Å². The zero-order valence-electron chi connectivity index (χ0n) is 9.90. The van der Waals surface area contributed by atoms with Crippen LogP contribution in [0.5, 0.6) is 0 Å². The van der Waals surface area contributed by atoms with Crippen molar-refractivity contribution in [3.63, 3.8) is 0 Å². The van der Waals surface area contributed by atoms with Crippen LogP contribution in [0.3, 0.4) is 0 Å². The molecule has 100 valence electrons. The Morgan fingerprint density at radius 2 is 2.00 bits per heavy atom. The minimum Gasteiger partial charge on any atom is -0.320 e. The number of nitro groups is 1. The number of hydrogen-bond donors (Lipinski definition) is 1. The molecular weight excluding hydrogens is 246 g/mol. The Kier molecular flexibility index (Phi) is 2.84. The van der Waals surface area contributed by atoms with Crippen molar-refractivity contribution in [2.75, 3.05) is 0 Å². The van der Waals surface area contributed by atoms with E-state index in [0.717, 1.165) is 6.20 Å². The summed E-state index contributed by atoms with van der Waals surface area (Å²) in [5.74, 6) is -2.73. The van der Waals surface area contributed by atoms with Crippen molar-refractivity contribution < 1.29 is 13.7 Å². The van der Waals surface area contributed by atoms with Crippen LogP contribution in [0.1, 0.15) is 31.4 Å². The SMILES string of the molecule is Cn1ncc([N+](=O)[O-])c1C1(N)CCC(F)(F)CC1. The summed E-state index contributed by atoms with van der Waals surface area (Å²) < 4.78 is 27.6. The van der Waals surface area contributed by atoms with E-state index in [0.29, 0.717) is 0 Å². The number of aryl methyl sites for hydroxylation is 1. The van der Waals surface area contributed by atoms with Crippen molar-refractivity contribution in [2.45, 2.75) is 37.1 Å². The highest BCUT2D eigenvalue weighted by Crippen LogP contribution is 2.44. The molecule has 1 aliphatic carbocycles. The number of halogens is 2. The van der Waals surface area contributed by atoms with E-state index in [2.05, 4.69) is 5.10 Å². The molecule has 6 nitrogen and oxygen atoms in total. The maximum Gasteiger partial charge on any atom is 0.312 e. The maximum atomic E-state index is 13.1. The molecule has 2 rings (SSSR count). The summed E-state index contributed by atoms with van der Waals surface area (Å²) in [7, 11) is 1.53. The third-order valence-electron chi connectivity index (χ3n) is 3.46. The van der Waals surface area contributed by atoms with Gasteiger partial charge in [0.25, 0.3) is 0 Å². The lowest BCUT2D eigenvalue weighted by atomic mass is 9.78. The standard InChI is InChI=1S/C10H14F2N4O2/c1-15-8(7(6-14-15)16(17)18)9(13)2-4-10(11,12)5-3-9/h6H,2-5,13H2,1H3. The van der Waals surface area contributed by atoms with E-state index in [1.807, 2.05) is 0 Å². The number of alkyl halides is 2. The third-order valence-corrected chi connectivity index (χ3v) is 3.46. The number of nitrogens with zero attached hydrogens (tertiary/aromatic N) is 3. The molecule has 1 aromatic rings. The molecule has 0 atom stereocenters. The Morgan fingerprint density at radius 1 is 1.44 bits per heavy atom. The second-order valence-corrected chi connectivity index (χ2v) is 4.77. The van der Waals surface area contributed by atoms with Crippen molar-refractivity contribution in [3.05, 3.63) is 22.0 Å². The summed E-state index contributed by atoms with van der Waals surface area (Å²) in [5.41, 5.74) is 5.01. The van der Waals surface area contributed by atoms with Gasteiger partial charge >= 0.3 is 5.69 Å². The summed E-state index contributed by atoms with van der Waals surface area (Å²) >= 11 is 0. The first kappa shape index (κ1) is 12.9. The average molecular weight is 260 g/mol. The highest BCUT2D eigenvalue weighted by Gasteiger charge is 2.46. The predicted molar refractivity (Wildman–Crippen MR) is 59.1 cm³/mol. The van der Waals surface area contributed by atoms with Crippen molar-refractivity contribution in [1.82, 2.24) is 9.78 Å². The first-order chi connectivity index (χ1) is 8.25. The fourth-order valence-corrected chi connectivity index (χ4v) is 2.44. The summed E-state index contributed by atoms with van der Waals surface area (Å²) in [6, 6.07) is 0. The molecule has 0 aromatic carbocycles. The predicted octanol–water partition coefficient (Wildman–Crippen LogP) is 1.69. The van der Waals surface area contributed by atoms with Gasteiger partial charge in [0, 0.05) is 19.9 Å². The summed E-state index contributed by atoms with van der Waals surface area (Å²) in [6.45, 7) is 0. The number of rotatable bonds is 2. The lowest BCUT2D eigenvalue weighted by Gasteiger charge is -2.36. The highest BCUT2D eigenvalue weighted by molar-refractivity contribution is 5.38. The number of nitrogens with two attached hydrogens (primary N) is 1. The lowest BCUT2D eigenvalue weighted by Crippen LogP contribution is -2.45. The van der Waals surface area contributed by atoms with Gasteiger partial charge < -0.3 is 5.73 Å². The lowest BCUT2D eigenvalue weighted by molar-refractivity contribution is -0.386. The van der Waals surface area contributed by atoms with Gasteiger partial charge in [-0.15, -0.1) is 0 Å². The second-order valence-electron chi connectivity index (χ2n) is 4.77. The molecule has 0 saturated heterocycles. The molecule has 0 unspecified atom stereocenters. The summed E-state index contributed by atoms with van der Waals surface area (Å²) in [5, 5.41) is 14.7. The third kappa shape index (κ3) is 2.07. The van der Waals surface area contributed by atoms with Gasteiger partial charge in [0.15, 0.2) is 0 Å². The first-order valence-corrected chi connectivity index (χ1v) is 5.59. The quantitative estimate of drug-likeness (QED) is 0.647. The smallest absolute Gasteiger partial charge is 0.312 e. The van der Waals surface area contributed by atoms with Crippen LogP contribution in [0.4, 0.5) is 14.5 Å². The number of hydrogen-bond acceptors (Lipinski definition) is 4. The van der Waals surface area contributed by atoms with Gasteiger partial charge in [-0.3, -0.25) is 14.8 Å². The van der Waals surface area contributed by atoms with E-state index in [-0.39, 0.29) is 37.1 Å². The monoisotopic (exact) mass is 260 g/mol. The molecule has 1 aliphatic rings. The van der Waals surface area contributed by atoms with Gasteiger partial charge in [-0.2, -0.15) is 5.10 Å². The molecule has 0 bridgehead atoms. The van der Waals surface area contributed by atoms with Gasteiger partial charge in [0.2, 0.25) is 5.92 Å². The molecule has 1 heterocycles. The van der Waals surface area contributed by atoms with Crippen molar-refractivity contribution in [1.29, 1.82) is 0 Å². The van der Waals surface area contributed by atoms with Gasteiger partial charge in [-0.1, -0.05) is 0 Å². The van der Waals surface area contributed by atoms with Crippen LogP contribution in [-0.2, 0) is 12.6 Å². The molecule has 18 heavy (non-hydrogen) atoms. The normalized spacial score (nSPS) is 21.8. The Morgan fingerprint density at radius 3 is 2.50 bits per heavy atom. The van der Waals surface area contributed by atoms with Gasteiger partial charge in [0.1, 0.15) is 11.9 Å². The largest absolute Gasteiger partial charge is 0.320 e. The van der Waals surface area contributed by atoms with Crippen LogP contribution in [-0.4, -0.2) is 20.6 Å². The minimum absolute atomic E-state index is 0.0143. The van der Waals surface area contributed by atoms with Crippen LogP contribution in [0, 0.1) is 10.1 Å². The van der Waals surface area contributed by atoms with Crippen LogP contribution in [0.25, 0.3) is 0 Å². The molecule has 0 radical (unpaired) electrons. The van der Waals surface area contributed by atoms with Crippen molar-refractivity contribution in [2.24, 2.45) is 12.8 Å². The van der Waals surface area contributed by atoms with Crippen LogP contribution in [0.2, 0.25) is 0 Å². The molecule has 0 spiro atoms. The number of aromatic nitrogens is 2. The van der Waals surface area contributed by atoms with E-state index in [1.165, 1.54) is 11.7 Å².